The Balaban J connectivity index is 2.25. The van der Waals surface area contributed by atoms with Gasteiger partial charge < -0.3 is 14.9 Å². The van der Waals surface area contributed by atoms with E-state index in [1.165, 1.54) is 0 Å². The maximum atomic E-state index is 5.93. The predicted molar refractivity (Wildman–Crippen MR) is 65.0 cm³/mol. The first-order valence-corrected chi connectivity index (χ1v) is 5.68. The van der Waals surface area contributed by atoms with Crippen molar-refractivity contribution < 1.29 is 9.15 Å². The molecule has 1 aromatic heterocycles. The quantitative estimate of drug-likeness (QED) is 0.829. The summed E-state index contributed by atoms with van der Waals surface area (Å²) in [4.78, 5) is 2.09. The van der Waals surface area contributed by atoms with Crippen LogP contribution in [0.3, 0.4) is 0 Å². The van der Waals surface area contributed by atoms with Crippen molar-refractivity contribution >= 4 is 17.4 Å². The van der Waals surface area contributed by atoms with Gasteiger partial charge in [-0.3, -0.25) is 0 Å². The molecule has 0 amide bonds. The van der Waals surface area contributed by atoms with Gasteiger partial charge in [-0.2, -0.15) is 0 Å². The number of aryl methyl sites for hydroxylation is 1. The molecule has 0 unspecified atom stereocenters. The molecule has 0 spiro atoms. The lowest BCUT2D eigenvalue weighted by Crippen LogP contribution is -1.90. The first-order valence-electron chi connectivity index (χ1n) is 4.86. The van der Waals surface area contributed by atoms with Crippen LogP contribution >= 0.6 is 11.8 Å². The zero-order valence-electron chi connectivity index (χ0n) is 9.19. The third kappa shape index (κ3) is 2.17. The second kappa shape index (κ2) is 4.53. The van der Waals surface area contributed by atoms with Gasteiger partial charge in [0, 0.05) is 16.6 Å². The highest BCUT2D eigenvalue weighted by Gasteiger charge is 2.07. The Morgan fingerprint density at radius 2 is 2.06 bits per heavy atom. The minimum atomic E-state index is 0.713. The molecule has 0 fully saturated rings. The van der Waals surface area contributed by atoms with Crippen molar-refractivity contribution in [2.45, 2.75) is 16.7 Å². The molecule has 4 heteroatoms. The molecular weight excluding hydrogens is 222 g/mol. The summed E-state index contributed by atoms with van der Waals surface area (Å²) in [7, 11) is 1.63. The van der Waals surface area contributed by atoms with E-state index in [-0.39, 0.29) is 0 Å². The molecule has 0 aliphatic rings. The normalized spacial score (nSPS) is 10.4. The minimum absolute atomic E-state index is 0.713. The van der Waals surface area contributed by atoms with Crippen LogP contribution in [0.15, 0.2) is 44.7 Å². The van der Waals surface area contributed by atoms with E-state index in [0.29, 0.717) is 5.69 Å². The number of furan rings is 1. The molecule has 0 saturated carbocycles. The molecule has 0 bridgehead atoms. The van der Waals surface area contributed by atoms with Gasteiger partial charge in [0.1, 0.15) is 11.5 Å². The van der Waals surface area contributed by atoms with Gasteiger partial charge in [-0.25, -0.2) is 0 Å². The Hall–Kier alpha value is -1.55. The van der Waals surface area contributed by atoms with Crippen LogP contribution in [0.2, 0.25) is 0 Å². The fourth-order valence-electron chi connectivity index (χ4n) is 1.34. The summed E-state index contributed by atoms with van der Waals surface area (Å²) in [6.45, 7) is 1.93. The van der Waals surface area contributed by atoms with Crippen LogP contribution in [-0.4, -0.2) is 7.11 Å². The van der Waals surface area contributed by atoms with Crippen LogP contribution in [0.4, 0.5) is 5.69 Å². The summed E-state index contributed by atoms with van der Waals surface area (Å²) in [5.74, 6) is 1.67. The molecule has 2 aromatic rings. The number of benzene rings is 1. The summed E-state index contributed by atoms with van der Waals surface area (Å²) in [6, 6.07) is 7.60. The van der Waals surface area contributed by atoms with E-state index >= 15 is 0 Å². The van der Waals surface area contributed by atoms with Gasteiger partial charge in [-0.15, -0.1) is 0 Å². The molecule has 16 heavy (non-hydrogen) atoms. The third-order valence-electron chi connectivity index (χ3n) is 2.25. The van der Waals surface area contributed by atoms with Crippen molar-refractivity contribution in [1.82, 2.24) is 0 Å². The van der Waals surface area contributed by atoms with Gasteiger partial charge in [-0.05, 0) is 25.1 Å². The standard InChI is InChI=1S/C12H13NO2S/c1-8-11(5-6-15-8)16-12-4-3-9(14-2)7-10(12)13/h3-7H,13H2,1-2H3. The average Bonchev–Trinajstić information content (AvgIpc) is 2.67. The molecule has 3 nitrogen and oxygen atoms in total. The Morgan fingerprint density at radius 1 is 1.25 bits per heavy atom. The van der Waals surface area contributed by atoms with Crippen LogP contribution in [0.5, 0.6) is 5.75 Å². The van der Waals surface area contributed by atoms with E-state index in [4.69, 9.17) is 14.9 Å². The predicted octanol–water partition coefficient (Wildman–Crippen LogP) is 3.33. The summed E-state index contributed by atoms with van der Waals surface area (Å²) in [6.07, 6.45) is 1.68. The maximum absolute atomic E-state index is 5.93. The Bertz CT molecular complexity index is 494. The summed E-state index contributed by atoms with van der Waals surface area (Å²) in [5, 5.41) is 0. The van der Waals surface area contributed by atoms with E-state index < -0.39 is 0 Å². The SMILES string of the molecule is COc1ccc(Sc2ccoc2C)c(N)c1. The Kier molecular flexibility index (Phi) is 3.10. The first kappa shape index (κ1) is 11.0. The zero-order valence-corrected chi connectivity index (χ0v) is 10.0. The van der Waals surface area contributed by atoms with Crippen molar-refractivity contribution in [3.05, 3.63) is 36.3 Å². The van der Waals surface area contributed by atoms with E-state index in [0.717, 1.165) is 21.3 Å². The maximum Gasteiger partial charge on any atom is 0.120 e. The van der Waals surface area contributed by atoms with Crippen LogP contribution in [0.1, 0.15) is 5.76 Å². The van der Waals surface area contributed by atoms with Gasteiger partial charge >= 0.3 is 0 Å². The Labute approximate surface area is 98.6 Å². The molecule has 1 heterocycles. The topological polar surface area (TPSA) is 48.4 Å². The highest BCUT2D eigenvalue weighted by atomic mass is 32.2. The number of hydrogen-bond donors (Lipinski definition) is 1. The average molecular weight is 235 g/mol. The van der Waals surface area contributed by atoms with Gasteiger partial charge in [0.05, 0.1) is 18.3 Å². The summed E-state index contributed by atoms with van der Waals surface area (Å²) >= 11 is 1.59. The first-order chi connectivity index (χ1) is 7.70. The third-order valence-corrected chi connectivity index (χ3v) is 3.48. The number of anilines is 1. The van der Waals surface area contributed by atoms with Gasteiger partial charge in [0.2, 0.25) is 0 Å². The van der Waals surface area contributed by atoms with E-state index in [2.05, 4.69) is 0 Å². The van der Waals surface area contributed by atoms with Crippen LogP contribution in [-0.2, 0) is 0 Å². The van der Waals surface area contributed by atoms with Crippen molar-refractivity contribution in [2.24, 2.45) is 0 Å². The monoisotopic (exact) mass is 235 g/mol. The van der Waals surface area contributed by atoms with Crippen molar-refractivity contribution in [1.29, 1.82) is 0 Å². The number of hydrogen-bond acceptors (Lipinski definition) is 4. The zero-order chi connectivity index (χ0) is 11.5. The minimum Gasteiger partial charge on any atom is -0.497 e. The highest BCUT2D eigenvalue weighted by Crippen LogP contribution is 2.35. The molecule has 2 rings (SSSR count). The molecule has 84 valence electrons. The van der Waals surface area contributed by atoms with Gasteiger partial charge in [0.25, 0.3) is 0 Å². The number of nitrogens with two attached hydrogens (primary N) is 1. The molecule has 1 aromatic carbocycles. The number of ether oxygens (including phenoxy) is 1. The van der Waals surface area contributed by atoms with Crippen LogP contribution in [0.25, 0.3) is 0 Å². The van der Waals surface area contributed by atoms with Crippen molar-refractivity contribution in [3.63, 3.8) is 0 Å². The van der Waals surface area contributed by atoms with Gasteiger partial charge in [-0.1, -0.05) is 11.8 Å². The number of rotatable bonds is 3. The Morgan fingerprint density at radius 3 is 2.62 bits per heavy atom. The second-order valence-corrected chi connectivity index (χ2v) is 4.43. The van der Waals surface area contributed by atoms with Crippen LogP contribution < -0.4 is 10.5 Å². The molecular formula is C12H13NO2S. The van der Waals surface area contributed by atoms with E-state index in [1.54, 1.807) is 25.1 Å². The molecule has 0 aliphatic heterocycles. The lowest BCUT2D eigenvalue weighted by molar-refractivity contribution is 0.415. The molecule has 0 aliphatic carbocycles. The largest absolute Gasteiger partial charge is 0.497 e. The lowest BCUT2D eigenvalue weighted by Gasteiger charge is -2.06. The molecule has 2 N–H and O–H groups in total. The number of nitrogen functional groups attached to an aromatic ring is 1. The summed E-state index contributed by atoms with van der Waals surface area (Å²) < 4.78 is 10.3. The van der Waals surface area contributed by atoms with Crippen molar-refractivity contribution in [3.8, 4) is 5.75 Å². The lowest BCUT2D eigenvalue weighted by atomic mass is 10.3. The fourth-order valence-corrected chi connectivity index (χ4v) is 2.21. The smallest absolute Gasteiger partial charge is 0.120 e. The fraction of sp³-hybridized carbons (Fsp3) is 0.167. The van der Waals surface area contributed by atoms with E-state index in [9.17, 15) is 0 Å². The highest BCUT2D eigenvalue weighted by molar-refractivity contribution is 7.99. The van der Waals surface area contributed by atoms with E-state index in [1.807, 2.05) is 31.2 Å². The summed E-state index contributed by atoms with van der Waals surface area (Å²) in [5.41, 5.74) is 6.65. The molecule has 0 radical (unpaired) electrons. The molecule has 0 atom stereocenters. The van der Waals surface area contributed by atoms with Gasteiger partial charge in [0.15, 0.2) is 0 Å². The molecule has 0 saturated heterocycles. The van der Waals surface area contributed by atoms with Crippen LogP contribution in [0, 0.1) is 6.92 Å². The number of methoxy groups -OCH3 is 1. The van der Waals surface area contributed by atoms with Crippen molar-refractivity contribution in [2.75, 3.05) is 12.8 Å². The second-order valence-electron chi connectivity index (χ2n) is 3.35.